The summed E-state index contributed by atoms with van der Waals surface area (Å²) in [5.74, 6) is 0.552. The highest BCUT2D eigenvalue weighted by atomic mass is 16.2. The molecule has 2 heterocycles. The fourth-order valence-corrected chi connectivity index (χ4v) is 5.66. The van der Waals surface area contributed by atoms with Crippen molar-refractivity contribution in [2.75, 3.05) is 26.2 Å². The predicted octanol–water partition coefficient (Wildman–Crippen LogP) is 3.63. The van der Waals surface area contributed by atoms with Gasteiger partial charge in [-0.2, -0.15) is 0 Å². The van der Waals surface area contributed by atoms with E-state index in [1.807, 2.05) is 9.80 Å². The molecular formula is C21H35N3O2. The molecule has 0 spiro atoms. The van der Waals surface area contributed by atoms with Gasteiger partial charge in [0.05, 0.1) is 0 Å². The maximum Gasteiger partial charge on any atom is 0.319 e. The molecule has 4 aliphatic rings. The van der Waals surface area contributed by atoms with Crippen LogP contribution in [-0.2, 0) is 4.79 Å². The van der Waals surface area contributed by atoms with E-state index >= 15 is 0 Å². The van der Waals surface area contributed by atoms with E-state index in [-0.39, 0.29) is 11.9 Å². The molecular weight excluding hydrogens is 326 g/mol. The van der Waals surface area contributed by atoms with Gasteiger partial charge in [0.25, 0.3) is 0 Å². The van der Waals surface area contributed by atoms with Gasteiger partial charge in [-0.25, -0.2) is 4.79 Å². The Balaban J connectivity index is 1.35. The summed E-state index contributed by atoms with van der Waals surface area (Å²) in [7, 11) is 0. The molecule has 146 valence electrons. The molecule has 2 aliphatic carbocycles. The second kappa shape index (κ2) is 8.18. The maximum atomic E-state index is 13.4. The number of amides is 3. The van der Waals surface area contributed by atoms with E-state index in [0.717, 1.165) is 51.9 Å². The summed E-state index contributed by atoms with van der Waals surface area (Å²) in [5, 5.41) is 0. The smallest absolute Gasteiger partial charge is 0.319 e. The van der Waals surface area contributed by atoms with E-state index in [0.29, 0.717) is 18.0 Å². The number of urea groups is 1. The third kappa shape index (κ3) is 3.72. The van der Waals surface area contributed by atoms with Crippen LogP contribution in [-0.4, -0.2) is 64.9 Å². The first-order valence-corrected chi connectivity index (χ1v) is 11.1. The van der Waals surface area contributed by atoms with Crippen molar-refractivity contribution in [3.05, 3.63) is 0 Å². The summed E-state index contributed by atoms with van der Waals surface area (Å²) < 4.78 is 0. The van der Waals surface area contributed by atoms with Crippen LogP contribution in [0.5, 0.6) is 0 Å². The van der Waals surface area contributed by atoms with E-state index in [4.69, 9.17) is 0 Å². The monoisotopic (exact) mass is 361 g/mol. The second-order valence-electron chi connectivity index (χ2n) is 8.86. The normalized spacial score (nSPS) is 26.0. The zero-order valence-electron chi connectivity index (χ0n) is 16.2. The van der Waals surface area contributed by atoms with Crippen molar-refractivity contribution < 1.29 is 9.59 Å². The van der Waals surface area contributed by atoms with Gasteiger partial charge in [0, 0.05) is 44.2 Å². The predicted molar refractivity (Wildman–Crippen MR) is 102 cm³/mol. The van der Waals surface area contributed by atoms with Crippen LogP contribution in [0, 0.1) is 5.92 Å². The first-order chi connectivity index (χ1) is 12.7. The molecule has 0 N–H and O–H groups in total. The number of hydrogen-bond acceptors (Lipinski definition) is 2. The standard InChI is InChI=1S/C21H35N3O2/c25-20(24(18-7-1-2-8-18)19-9-3-4-10-19)17-11-15-23(16-12-17)21(26)22-13-5-6-14-22/h17-19H,1-16H2. The van der Waals surface area contributed by atoms with Gasteiger partial charge in [0.1, 0.15) is 0 Å². The molecule has 5 heteroatoms. The fraction of sp³-hybridized carbons (Fsp3) is 0.905. The van der Waals surface area contributed by atoms with Crippen LogP contribution in [0.2, 0.25) is 0 Å². The Kier molecular flexibility index (Phi) is 5.70. The molecule has 2 saturated heterocycles. The third-order valence-electron chi connectivity index (χ3n) is 7.18. The lowest BCUT2D eigenvalue weighted by Crippen LogP contribution is -2.51. The van der Waals surface area contributed by atoms with Gasteiger partial charge in [0.15, 0.2) is 0 Å². The van der Waals surface area contributed by atoms with Gasteiger partial charge in [0.2, 0.25) is 5.91 Å². The summed E-state index contributed by atoms with van der Waals surface area (Å²) in [6.45, 7) is 3.34. The lowest BCUT2D eigenvalue weighted by Gasteiger charge is -2.40. The average molecular weight is 362 g/mol. The van der Waals surface area contributed by atoms with E-state index in [9.17, 15) is 9.59 Å². The van der Waals surface area contributed by atoms with Crippen LogP contribution < -0.4 is 0 Å². The van der Waals surface area contributed by atoms with E-state index in [2.05, 4.69) is 4.90 Å². The molecule has 26 heavy (non-hydrogen) atoms. The van der Waals surface area contributed by atoms with Crippen molar-refractivity contribution in [1.82, 2.24) is 14.7 Å². The Labute approximate surface area is 158 Å². The quantitative estimate of drug-likeness (QED) is 0.770. The van der Waals surface area contributed by atoms with Crippen molar-refractivity contribution in [3.63, 3.8) is 0 Å². The van der Waals surface area contributed by atoms with Crippen LogP contribution in [0.1, 0.15) is 77.0 Å². The van der Waals surface area contributed by atoms with Crippen molar-refractivity contribution in [2.24, 2.45) is 5.92 Å². The first kappa shape index (κ1) is 18.1. The minimum Gasteiger partial charge on any atom is -0.336 e. The Hall–Kier alpha value is -1.26. The highest BCUT2D eigenvalue weighted by molar-refractivity contribution is 5.80. The molecule has 5 nitrogen and oxygen atoms in total. The van der Waals surface area contributed by atoms with Gasteiger partial charge in [-0.3, -0.25) is 4.79 Å². The number of rotatable bonds is 3. The van der Waals surface area contributed by atoms with Crippen molar-refractivity contribution in [2.45, 2.75) is 89.1 Å². The van der Waals surface area contributed by atoms with E-state index in [1.54, 1.807) is 0 Å². The Morgan fingerprint density at radius 3 is 1.58 bits per heavy atom. The molecule has 4 fully saturated rings. The van der Waals surface area contributed by atoms with Crippen molar-refractivity contribution in [1.29, 1.82) is 0 Å². The van der Waals surface area contributed by atoms with Crippen molar-refractivity contribution >= 4 is 11.9 Å². The van der Waals surface area contributed by atoms with E-state index in [1.165, 1.54) is 51.4 Å². The van der Waals surface area contributed by atoms with Gasteiger partial charge >= 0.3 is 6.03 Å². The molecule has 0 atom stereocenters. The molecule has 0 bridgehead atoms. The zero-order valence-corrected chi connectivity index (χ0v) is 16.2. The minimum atomic E-state index is 0.138. The Morgan fingerprint density at radius 2 is 1.08 bits per heavy atom. The van der Waals surface area contributed by atoms with Gasteiger partial charge in [-0.05, 0) is 51.4 Å². The molecule has 3 amide bonds. The number of nitrogens with zero attached hydrogens (tertiary/aromatic N) is 3. The topological polar surface area (TPSA) is 43.9 Å². The molecule has 0 aromatic heterocycles. The van der Waals surface area contributed by atoms with Crippen molar-refractivity contribution in [3.8, 4) is 0 Å². The van der Waals surface area contributed by atoms with Gasteiger partial charge in [-0.15, -0.1) is 0 Å². The van der Waals surface area contributed by atoms with Crippen LogP contribution in [0.4, 0.5) is 4.79 Å². The van der Waals surface area contributed by atoms with E-state index < -0.39 is 0 Å². The van der Waals surface area contributed by atoms with Crippen LogP contribution in [0.3, 0.4) is 0 Å². The highest BCUT2D eigenvalue weighted by Gasteiger charge is 2.39. The first-order valence-electron chi connectivity index (χ1n) is 11.1. The molecule has 2 saturated carbocycles. The van der Waals surface area contributed by atoms with Crippen LogP contribution >= 0.6 is 0 Å². The van der Waals surface area contributed by atoms with Crippen LogP contribution in [0.25, 0.3) is 0 Å². The maximum absolute atomic E-state index is 13.4. The molecule has 0 unspecified atom stereocenters. The molecule has 2 aliphatic heterocycles. The SMILES string of the molecule is O=C(N1CCCC1)N1CCC(C(=O)N(C2CCCC2)C2CCCC2)CC1. The molecule has 0 aromatic carbocycles. The Morgan fingerprint density at radius 1 is 0.615 bits per heavy atom. The number of piperidine rings is 1. The summed E-state index contributed by atoms with van der Waals surface area (Å²) in [6.07, 6.45) is 13.9. The number of carbonyl (C=O) groups excluding carboxylic acids is 2. The number of hydrogen-bond donors (Lipinski definition) is 0. The summed E-state index contributed by atoms with van der Waals surface area (Å²) >= 11 is 0. The number of likely N-dealkylation sites (tertiary alicyclic amines) is 2. The van der Waals surface area contributed by atoms with Gasteiger partial charge < -0.3 is 14.7 Å². The summed E-state index contributed by atoms with van der Waals surface area (Å²) in [4.78, 5) is 32.3. The Bertz CT molecular complexity index is 481. The summed E-state index contributed by atoms with van der Waals surface area (Å²) in [5.41, 5.74) is 0. The second-order valence-corrected chi connectivity index (χ2v) is 8.86. The average Bonchev–Trinajstić information content (AvgIpc) is 3.44. The molecule has 0 aromatic rings. The summed E-state index contributed by atoms with van der Waals surface area (Å²) in [6, 6.07) is 1.20. The van der Waals surface area contributed by atoms with Crippen LogP contribution in [0.15, 0.2) is 0 Å². The van der Waals surface area contributed by atoms with Gasteiger partial charge in [-0.1, -0.05) is 25.7 Å². The largest absolute Gasteiger partial charge is 0.336 e. The fourth-order valence-electron chi connectivity index (χ4n) is 5.66. The molecule has 0 radical (unpaired) electrons. The number of carbonyl (C=O) groups is 2. The molecule has 4 rings (SSSR count). The lowest BCUT2D eigenvalue weighted by molar-refractivity contribution is -0.142. The zero-order chi connectivity index (χ0) is 17.9. The minimum absolute atomic E-state index is 0.138. The highest BCUT2D eigenvalue weighted by Crippen LogP contribution is 2.34. The lowest BCUT2D eigenvalue weighted by atomic mass is 9.93. The third-order valence-corrected chi connectivity index (χ3v) is 7.18.